The summed E-state index contributed by atoms with van der Waals surface area (Å²) in [5.74, 6) is -1.40. The Bertz CT molecular complexity index is 1020. The molecule has 0 aliphatic heterocycles. The maximum Gasteiger partial charge on any atom is 0.419 e. The lowest BCUT2D eigenvalue weighted by Gasteiger charge is -2.19. The van der Waals surface area contributed by atoms with Gasteiger partial charge in [-0.05, 0) is 35.4 Å². The molecule has 0 heterocycles. The second kappa shape index (κ2) is 7.05. The lowest BCUT2D eigenvalue weighted by molar-refractivity contribution is -0.137. The van der Waals surface area contributed by atoms with Crippen molar-refractivity contribution in [2.75, 3.05) is 11.5 Å². The number of phenols is 2. The largest absolute Gasteiger partial charge is 0.507 e. The van der Waals surface area contributed by atoms with Crippen LogP contribution in [-0.4, -0.2) is 10.2 Å². The van der Waals surface area contributed by atoms with Gasteiger partial charge >= 0.3 is 12.4 Å². The van der Waals surface area contributed by atoms with E-state index in [9.17, 15) is 36.6 Å². The zero-order valence-corrected chi connectivity index (χ0v) is 14.9. The number of alkyl halides is 6. The molecule has 10 heteroatoms. The van der Waals surface area contributed by atoms with E-state index in [1.807, 2.05) is 0 Å². The summed E-state index contributed by atoms with van der Waals surface area (Å²) in [6, 6.07) is 8.11. The lowest BCUT2D eigenvalue weighted by Crippen LogP contribution is -2.11. The molecule has 0 aromatic heterocycles. The second-order valence-corrected chi connectivity index (χ2v) is 6.42. The number of nitrogens with two attached hydrogens (primary N) is 2. The molecule has 158 valence electrons. The van der Waals surface area contributed by atoms with Crippen LogP contribution in [0.1, 0.15) is 11.1 Å². The van der Waals surface area contributed by atoms with Gasteiger partial charge < -0.3 is 21.7 Å². The average Bonchev–Trinajstić information content (AvgIpc) is 2.63. The van der Waals surface area contributed by atoms with Gasteiger partial charge in [0.2, 0.25) is 0 Å². The predicted octanol–water partition coefficient (Wildman–Crippen LogP) is 5.63. The van der Waals surface area contributed by atoms with Crippen molar-refractivity contribution in [3.63, 3.8) is 0 Å². The van der Waals surface area contributed by atoms with Crippen LogP contribution in [0.25, 0.3) is 22.3 Å². The standard InChI is InChI=1S/C20H14F6N2O2/c21-19(22,23)17-11(27)5-7-13(29)15(17)9-1-2-10(4-3-9)16-14(30)8-6-12(28)18(16)20(24,25)26/h1-8,29-30H,27-28H2. The lowest BCUT2D eigenvalue weighted by atomic mass is 9.92. The van der Waals surface area contributed by atoms with E-state index in [4.69, 9.17) is 11.5 Å². The average molecular weight is 428 g/mol. The minimum atomic E-state index is -4.88. The molecule has 3 rings (SSSR count). The van der Waals surface area contributed by atoms with Crippen molar-refractivity contribution in [3.05, 3.63) is 59.7 Å². The van der Waals surface area contributed by atoms with E-state index >= 15 is 0 Å². The monoisotopic (exact) mass is 428 g/mol. The number of phenolic OH excluding ortho intramolecular Hbond substituents is 2. The number of anilines is 2. The number of aromatic hydroxyl groups is 2. The molecular formula is C20H14F6N2O2. The Morgan fingerprint density at radius 3 is 1.10 bits per heavy atom. The highest BCUT2D eigenvalue weighted by Gasteiger charge is 2.39. The summed E-state index contributed by atoms with van der Waals surface area (Å²) in [4.78, 5) is 0. The molecule has 0 spiro atoms. The molecule has 4 nitrogen and oxygen atoms in total. The molecule has 0 atom stereocenters. The number of nitrogen functional groups attached to an aromatic ring is 2. The normalized spacial score (nSPS) is 12.2. The Hall–Kier alpha value is -3.56. The van der Waals surface area contributed by atoms with Gasteiger partial charge in [-0.1, -0.05) is 24.3 Å². The molecule has 0 radical (unpaired) electrons. The van der Waals surface area contributed by atoms with Crippen LogP contribution in [0.2, 0.25) is 0 Å². The molecule has 0 unspecified atom stereocenters. The molecule has 0 saturated heterocycles. The number of hydrogen-bond acceptors (Lipinski definition) is 4. The summed E-state index contributed by atoms with van der Waals surface area (Å²) < 4.78 is 80.6. The number of halogens is 6. The van der Waals surface area contributed by atoms with Gasteiger partial charge in [-0.25, -0.2) is 0 Å². The Morgan fingerprint density at radius 1 is 0.533 bits per heavy atom. The van der Waals surface area contributed by atoms with Crippen molar-refractivity contribution >= 4 is 11.4 Å². The van der Waals surface area contributed by atoms with Gasteiger partial charge in [0, 0.05) is 22.5 Å². The van der Waals surface area contributed by atoms with Crippen LogP contribution in [0.3, 0.4) is 0 Å². The van der Waals surface area contributed by atoms with Crippen LogP contribution < -0.4 is 11.5 Å². The molecule has 0 saturated carbocycles. The summed E-state index contributed by atoms with van der Waals surface area (Å²) >= 11 is 0. The first-order valence-corrected chi connectivity index (χ1v) is 8.30. The predicted molar refractivity (Wildman–Crippen MR) is 99.5 cm³/mol. The van der Waals surface area contributed by atoms with Gasteiger partial charge in [-0.2, -0.15) is 26.3 Å². The molecule has 0 bridgehead atoms. The maximum atomic E-state index is 13.4. The number of rotatable bonds is 2. The minimum absolute atomic E-state index is 0.132. The SMILES string of the molecule is Nc1ccc(O)c(-c2ccc(-c3c(O)ccc(N)c3C(F)(F)F)cc2)c1C(F)(F)F. The second-order valence-electron chi connectivity index (χ2n) is 6.42. The van der Waals surface area contributed by atoms with Crippen LogP contribution in [0, 0.1) is 0 Å². The molecule has 0 aliphatic rings. The summed E-state index contributed by atoms with van der Waals surface area (Å²) in [5.41, 5.74) is 5.62. The quantitative estimate of drug-likeness (QED) is 0.242. The summed E-state index contributed by atoms with van der Waals surface area (Å²) in [5, 5.41) is 20.0. The Kier molecular flexibility index (Phi) is 4.97. The van der Waals surface area contributed by atoms with E-state index < -0.39 is 57.5 Å². The smallest absolute Gasteiger partial charge is 0.419 e. The van der Waals surface area contributed by atoms with Gasteiger partial charge in [0.1, 0.15) is 11.5 Å². The van der Waals surface area contributed by atoms with Crippen LogP contribution in [-0.2, 0) is 12.4 Å². The maximum absolute atomic E-state index is 13.4. The molecule has 6 N–H and O–H groups in total. The van der Waals surface area contributed by atoms with E-state index in [0.717, 1.165) is 48.5 Å². The molecule has 30 heavy (non-hydrogen) atoms. The third-order valence-corrected chi connectivity index (χ3v) is 4.46. The number of hydrogen-bond donors (Lipinski definition) is 4. The van der Waals surface area contributed by atoms with Crippen molar-refractivity contribution < 1.29 is 36.6 Å². The fourth-order valence-corrected chi connectivity index (χ4v) is 3.21. The van der Waals surface area contributed by atoms with Crippen molar-refractivity contribution in [1.29, 1.82) is 0 Å². The third kappa shape index (κ3) is 3.68. The number of benzene rings is 3. The molecular weight excluding hydrogens is 414 g/mol. The molecule has 3 aromatic carbocycles. The van der Waals surface area contributed by atoms with E-state index in [1.54, 1.807) is 0 Å². The van der Waals surface area contributed by atoms with Crippen LogP contribution in [0.5, 0.6) is 11.5 Å². The molecule has 0 amide bonds. The van der Waals surface area contributed by atoms with E-state index in [2.05, 4.69) is 0 Å². The summed E-state index contributed by atoms with van der Waals surface area (Å²) in [6.07, 6.45) is -9.77. The highest BCUT2D eigenvalue weighted by atomic mass is 19.4. The third-order valence-electron chi connectivity index (χ3n) is 4.46. The van der Waals surface area contributed by atoms with Gasteiger partial charge in [0.05, 0.1) is 11.1 Å². The Balaban J connectivity index is 2.21. The summed E-state index contributed by atoms with van der Waals surface area (Å²) in [6.45, 7) is 0. The first-order valence-electron chi connectivity index (χ1n) is 8.30. The highest BCUT2D eigenvalue weighted by Crippen LogP contribution is 2.47. The highest BCUT2D eigenvalue weighted by molar-refractivity contribution is 5.84. The summed E-state index contributed by atoms with van der Waals surface area (Å²) in [7, 11) is 0. The van der Waals surface area contributed by atoms with Crippen LogP contribution in [0.4, 0.5) is 37.7 Å². The van der Waals surface area contributed by atoms with Gasteiger partial charge in [0.25, 0.3) is 0 Å². The Morgan fingerprint density at radius 2 is 0.833 bits per heavy atom. The Labute approximate surface area is 166 Å². The first kappa shape index (κ1) is 21.2. The molecule has 0 aliphatic carbocycles. The van der Waals surface area contributed by atoms with Gasteiger partial charge in [-0.15, -0.1) is 0 Å². The van der Waals surface area contributed by atoms with E-state index in [0.29, 0.717) is 0 Å². The van der Waals surface area contributed by atoms with Crippen LogP contribution >= 0.6 is 0 Å². The zero-order valence-electron chi connectivity index (χ0n) is 14.9. The van der Waals surface area contributed by atoms with Crippen molar-refractivity contribution in [2.24, 2.45) is 0 Å². The van der Waals surface area contributed by atoms with Crippen molar-refractivity contribution in [2.45, 2.75) is 12.4 Å². The van der Waals surface area contributed by atoms with Gasteiger partial charge in [-0.3, -0.25) is 0 Å². The molecule has 0 fully saturated rings. The van der Waals surface area contributed by atoms with Crippen molar-refractivity contribution in [1.82, 2.24) is 0 Å². The zero-order chi connectivity index (χ0) is 22.4. The fourth-order valence-electron chi connectivity index (χ4n) is 3.21. The first-order chi connectivity index (χ1) is 13.8. The fraction of sp³-hybridized carbons (Fsp3) is 0.100. The van der Waals surface area contributed by atoms with E-state index in [-0.39, 0.29) is 11.1 Å². The van der Waals surface area contributed by atoms with Gasteiger partial charge in [0.15, 0.2) is 0 Å². The van der Waals surface area contributed by atoms with E-state index in [1.165, 1.54) is 0 Å². The minimum Gasteiger partial charge on any atom is -0.507 e. The molecule has 3 aromatic rings. The van der Waals surface area contributed by atoms with Crippen molar-refractivity contribution in [3.8, 4) is 33.8 Å². The van der Waals surface area contributed by atoms with Crippen LogP contribution in [0.15, 0.2) is 48.5 Å². The topological polar surface area (TPSA) is 92.5 Å².